The number of nitrogens with zero attached hydrogens (tertiary/aromatic N) is 4. The van der Waals surface area contributed by atoms with Gasteiger partial charge in [0.15, 0.2) is 0 Å². The molecule has 1 saturated carbocycles. The van der Waals surface area contributed by atoms with E-state index in [1.165, 1.54) is 36.2 Å². The summed E-state index contributed by atoms with van der Waals surface area (Å²) in [6.45, 7) is 19.9. The minimum atomic E-state index is 0.145. The number of rotatable bonds is 9. The van der Waals surface area contributed by atoms with E-state index >= 15 is 0 Å². The van der Waals surface area contributed by atoms with Crippen LogP contribution in [0.1, 0.15) is 78.2 Å². The van der Waals surface area contributed by atoms with Gasteiger partial charge < -0.3 is 24.3 Å². The van der Waals surface area contributed by atoms with Crippen LogP contribution in [-0.4, -0.2) is 91.6 Å². The molecule has 2 saturated heterocycles. The summed E-state index contributed by atoms with van der Waals surface area (Å²) in [6, 6.07) is 10.9. The van der Waals surface area contributed by atoms with E-state index in [1.807, 2.05) is 53.6 Å². The summed E-state index contributed by atoms with van der Waals surface area (Å²) in [7, 11) is 5.57. The number of unbranched alkanes of at least 4 members (excludes halogenated alkanes) is 1. The van der Waals surface area contributed by atoms with E-state index < -0.39 is 0 Å². The number of aryl methyl sites for hydroxylation is 1. The second-order valence-corrected chi connectivity index (χ2v) is 11.4. The normalized spacial score (nSPS) is 16.4. The second kappa shape index (κ2) is 20.1. The first kappa shape index (κ1) is 36.2. The molecule has 0 N–H and O–H groups in total. The van der Waals surface area contributed by atoms with Gasteiger partial charge in [0.2, 0.25) is 5.91 Å². The summed E-state index contributed by atoms with van der Waals surface area (Å²) in [5.74, 6) is 0.729. The lowest BCUT2D eigenvalue weighted by Crippen LogP contribution is -2.37. The number of amides is 3. The van der Waals surface area contributed by atoms with Crippen LogP contribution in [-0.2, 0) is 16.0 Å². The van der Waals surface area contributed by atoms with Gasteiger partial charge >= 0.3 is 6.03 Å². The molecule has 2 heterocycles. The first-order valence-electron chi connectivity index (χ1n) is 15.5. The van der Waals surface area contributed by atoms with Crippen molar-refractivity contribution in [3.05, 3.63) is 60.4 Å². The maximum Gasteiger partial charge on any atom is 0.320 e. The van der Waals surface area contributed by atoms with Gasteiger partial charge in [0.25, 0.3) is 0 Å². The third-order valence-corrected chi connectivity index (χ3v) is 7.85. The van der Waals surface area contributed by atoms with Crippen LogP contribution in [0.25, 0.3) is 0 Å². The molecule has 0 radical (unpaired) electrons. The number of urea groups is 1. The van der Waals surface area contributed by atoms with Crippen LogP contribution in [0.3, 0.4) is 0 Å². The van der Waals surface area contributed by atoms with Gasteiger partial charge in [-0.15, -0.1) is 0 Å². The average Bonchev–Trinajstić information content (AvgIpc) is 3.66. The van der Waals surface area contributed by atoms with Crippen molar-refractivity contribution in [2.45, 2.75) is 85.1 Å². The third-order valence-electron chi connectivity index (χ3n) is 7.85. The van der Waals surface area contributed by atoms with Crippen molar-refractivity contribution in [3.8, 4) is 0 Å². The van der Waals surface area contributed by atoms with Crippen molar-refractivity contribution in [3.63, 3.8) is 0 Å². The number of methoxy groups -OCH3 is 1. The number of carbonyl (C=O) groups is 2. The second-order valence-electron chi connectivity index (χ2n) is 11.4. The topological polar surface area (TPSA) is 56.3 Å². The summed E-state index contributed by atoms with van der Waals surface area (Å²) in [5.41, 5.74) is 3.75. The quantitative estimate of drug-likeness (QED) is 0.327. The van der Waals surface area contributed by atoms with Crippen LogP contribution in [0.2, 0.25) is 0 Å². The molecule has 0 aromatic heterocycles. The van der Waals surface area contributed by atoms with E-state index in [9.17, 15) is 9.59 Å². The third kappa shape index (κ3) is 13.2. The number of likely N-dealkylation sites (tertiary alicyclic amines) is 1. The lowest BCUT2D eigenvalue weighted by molar-refractivity contribution is -0.134. The highest BCUT2D eigenvalue weighted by Gasteiger charge is 2.29. The number of hydrogen-bond acceptors (Lipinski definition) is 4. The Morgan fingerprint density at radius 2 is 1.68 bits per heavy atom. The molecule has 7 heteroatoms. The zero-order valence-electron chi connectivity index (χ0n) is 27.2. The Kier molecular flexibility index (Phi) is 17.8. The molecule has 0 unspecified atom stereocenters. The Bertz CT molecular complexity index is 896. The van der Waals surface area contributed by atoms with E-state index in [0.29, 0.717) is 31.0 Å². The highest BCUT2D eigenvalue weighted by molar-refractivity contribution is 5.78. The highest BCUT2D eigenvalue weighted by atomic mass is 16.5. The Morgan fingerprint density at radius 1 is 1.07 bits per heavy atom. The van der Waals surface area contributed by atoms with Gasteiger partial charge in [-0.05, 0) is 45.1 Å². The monoisotopic (exact) mass is 570 g/mol. The molecular formula is C34H58N4O3. The highest BCUT2D eigenvalue weighted by Crippen LogP contribution is 2.27. The first-order chi connectivity index (χ1) is 19.6. The predicted molar refractivity (Wildman–Crippen MR) is 172 cm³/mol. The van der Waals surface area contributed by atoms with E-state index in [-0.39, 0.29) is 6.03 Å². The van der Waals surface area contributed by atoms with Crippen molar-refractivity contribution in [2.75, 3.05) is 54.0 Å². The summed E-state index contributed by atoms with van der Waals surface area (Å²) in [4.78, 5) is 31.1. The number of benzene rings is 1. The fraction of sp³-hybridized carbons (Fsp3) is 0.647. The van der Waals surface area contributed by atoms with Gasteiger partial charge in [0, 0.05) is 77.2 Å². The van der Waals surface area contributed by atoms with Crippen LogP contribution in [0.4, 0.5) is 4.79 Å². The Hall–Kier alpha value is -2.80. The molecule has 3 aliphatic rings. The van der Waals surface area contributed by atoms with E-state index in [1.54, 1.807) is 7.11 Å². The fourth-order valence-corrected chi connectivity index (χ4v) is 4.80. The number of hydrogen-bond donors (Lipinski definition) is 0. The van der Waals surface area contributed by atoms with Gasteiger partial charge in [-0.2, -0.15) is 0 Å². The largest absolute Gasteiger partial charge is 0.383 e. The standard InChI is InChI=1S/C11H21NO.C9H18N2O2.C8H10.C6H9N/c1-3-4-9-12(2)11(13)10-7-5-6-8-10;1-8(2)11-5-4-10(9(11)12)6-7-13-3;1-2-8-6-4-3-5-7-8;1-5-4-6(2)7(5)3/h10H,3-9H2,1-2H3;8H,4-7H2,1-3H3;3-7H,2H2,1H3;1-2,4H2,3H3. The van der Waals surface area contributed by atoms with Crippen molar-refractivity contribution in [1.82, 2.24) is 19.6 Å². The Morgan fingerprint density at radius 3 is 2.07 bits per heavy atom. The first-order valence-corrected chi connectivity index (χ1v) is 15.5. The summed E-state index contributed by atoms with van der Waals surface area (Å²) < 4.78 is 4.94. The van der Waals surface area contributed by atoms with Crippen LogP contribution in [0.15, 0.2) is 54.9 Å². The van der Waals surface area contributed by atoms with Crippen molar-refractivity contribution in [2.24, 2.45) is 5.92 Å². The minimum Gasteiger partial charge on any atom is -0.383 e. The molecule has 3 fully saturated rings. The average molecular weight is 571 g/mol. The van der Waals surface area contributed by atoms with Crippen LogP contribution < -0.4 is 0 Å². The Balaban J connectivity index is 0.000000282. The van der Waals surface area contributed by atoms with Crippen molar-refractivity contribution >= 4 is 11.9 Å². The van der Waals surface area contributed by atoms with Crippen LogP contribution in [0.5, 0.6) is 0 Å². The molecule has 1 aliphatic carbocycles. The summed E-state index contributed by atoms with van der Waals surface area (Å²) >= 11 is 0. The Labute approximate surface area is 251 Å². The van der Waals surface area contributed by atoms with Crippen molar-refractivity contribution in [1.29, 1.82) is 0 Å². The molecule has 1 aromatic carbocycles. The molecule has 0 atom stereocenters. The molecule has 1 aromatic rings. The zero-order valence-corrected chi connectivity index (χ0v) is 27.2. The predicted octanol–water partition coefficient (Wildman–Crippen LogP) is 6.81. The van der Waals surface area contributed by atoms with Crippen LogP contribution >= 0.6 is 0 Å². The number of ether oxygens (including phenoxy) is 1. The number of carbonyl (C=O) groups excluding carboxylic acids is 2. The van der Waals surface area contributed by atoms with Gasteiger partial charge in [-0.1, -0.05) is 76.6 Å². The maximum atomic E-state index is 11.8. The fourth-order valence-electron chi connectivity index (χ4n) is 4.80. The molecule has 3 amide bonds. The van der Waals surface area contributed by atoms with E-state index in [4.69, 9.17) is 4.74 Å². The van der Waals surface area contributed by atoms with Gasteiger partial charge in [0.05, 0.1) is 6.61 Å². The molecule has 0 bridgehead atoms. The lowest BCUT2D eigenvalue weighted by Gasteiger charge is -2.33. The van der Waals surface area contributed by atoms with E-state index in [2.05, 4.69) is 51.3 Å². The van der Waals surface area contributed by atoms with Crippen molar-refractivity contribution < 1.29 is 14.3 Å². The zero-order chi connectivity index (χ0) is 30.8. The molecule has 41 heavy (non-hydrogen) atoms. The molecule has 0 spiro atoms. The molecule has 232 valence electrons. The SMILES string of the molecule is C=C1CC(=C)N1C.CCCCN(C)C(=O)C1CCCC1.CCc1ccccc1.COCCN1CCN(C(C)C)C1=O. The van der Waals surface area contributed by atoms with Crippen LogP contribution in [0, 0.1) is 5.92 Å². The summed E-state index contributed by atoms with van der Waals surface area (Å²) in [6.07, 6.45) is 9.18. The minimum absolute atomic E-state index is 0.145. The molecule has 4 rings (SSSR count). The van der Waals surface area contributed by atoms with Gasteiger partial charge in [-0.25, -0.2) is 4.79 Å². The molecule has 2 aliphatic heterocycles. The molecular weight excluding hydrogens is 512 g/mol. The van der Waals surface area contributed by atoms with Gasteiger partial charge in [0.1, 0.15) is 0 Å². The lowest BCUT2D eigenvalue weighted by atomic mass is 10.1. The van der Waals surface area contributed by atoms with E-state index in [0.717, 1.165) is 51.7 Å². The smallest absolute Gasteiger partial charge is 0.320 e. The maximum absolute atomic E-state index is 11.8. The molecule has 7 nitrogen and oxygen atoms in total. The summed E-state index contributed by atoms with van der Waals surface area (Å²) in [5, 5.41) is 0. The van der Waals surface area contributed by atoms with Gasteiger partial charge in [-0.3, -0.25) is 4.79 Å².